The van der Waals surface area contributed by atoms with E-state index in [9.17, 15) is 14.4 Å². The second kappa shape index (κ2) is 8.68. The molecule has 5 rings (SSSR count). The Morgan fingerprint density at radius 3 is 2.45 bits per heavy atom. The van der Waals surface area contributed by atoms with Crippen LogP contribution >= 0.6 is 11.6 Å². The Bertz CT molecular complexity index is 1070. The highest BCUT2D eigenvalue weighted by Crippen LogP contribution is 2.34. The van der Waals surface area contributed by atoms with Gasteiger partial charge in [-0.2, -0.15) is 0 Å². The molecule has 3 aliphatic rings. The van der Waals surface area contributed by atoms with Crippen LogP contribution in [0.4, 0.5) is 15.3 Å². The number of hydrazine groups is 1. The number of imidazole rings is 1. The number of carbonyl (C=O) groups excluding carboxylic acids is 3. The first-order chi connectivity index (χ1) is 15.9. The topological polar surface area (TPSA) is 103 Å². The number of benzene rings is 1. The van der Waals surface area contributed by atoms with Gasteiger partial charge in [-0.25, -0.2) is 24.1 Å². The summed E-state index contributed by atoms with van der Waals surface area (Å²) in [7, 11) is 0. The van der Waals surface area contributed by atoms with Gasteiger partial charge in [0.15, 0.2) is 0 Å². The summed E-state index contributed by atoms with van der Waals surface area (Å²) in [6.45, 7) is 4.42. The monoisotopic (exact) mass is 471 g/mol. The van der Waals surface area contributed by atoms with Gasteiger partial charge in [0.05, 0.1) is 18.4 Å². The van der Waals surface area contributed by atoms with Gasteiger partial charge in [0.25, 0.3) is 0 Å². The largest absolute Gasteiger partial charge is 0.344 e. The fraction of sp³-hybridized carbons (Fsp3) is 0.455. The number of hydrogen-bond donors (Lipinski definition) is 2. The molecule has 174 valence electrons. The Hall–Kier alpha value is -3.11. The van der Waals surface area contributed by atoms with Gasteiger partial charge in [-0.05, 0) is 49.9 Å². The van der Waals surface area contributed by atoms with E-state index in [1.807, 2.05) is 11.9 Å². The molecule has 11 heteroatoms. The van der Waals surface area contributed by atoms with Crippen LogP contribution in [0.3, 0.4) is 0 Å². The number of carbonyl (C=O) groups is 3. The van der Waals surface area contributed by atoms with E-state index in [0.29, 0.717) is 49.3 Å². The number of urea groups is 1. The third-order valence-corrected chi connectivity index (χ3v) is 6.64. The van der Waals surface area contributed by atoms with Gasteiger partial charge >= 0.3 is 12.1 Å². The normalized spacial score (nSPS) is 19.4. The van der Waals surface area contributed by atoms with Crippen LogP contribution in [0.25, 0.3) is 0 Å². The maximum absolute atomic E-state index is 13.2. The summed E-state index contributed by atoms with van der Waals surface area (Å²) in [5, 5.41) is 9.93. The van der Waals surface area contributed by atoms with Crippen LogP contribution in [0.5, 0.6) is 0 Å². The van der Waals surface area contributed by atoms with Crippen molar-refractivity contribution in [3.8, 4) is 0 Å². The van der Waals surface area contributed by atoms with E-state index < -0.39 is 12.1 Å². The molecule has 0 bridgehead atoms. The Labute approximate surface area is 196 Å². The van der Waals surface area contributed by atoms with E-state index in [-0.39, 0.29) is 17.9 Å². The van der Waals surface area contributed by atoms with Crippen molar-refractivity contribution in [1.82, 2.24) is 29.8 Å². The highest BCUT2D eigenvalue weighted by Gasteiger charge is 2.41. The van der Waals surface area contributed by atoms with Gasteiger partial charge in [-0.1, -0.05) is 11.6 Å². The average Bonchev–Trinajstić information content (AvgIpc) is 3.51. The molecule has 1 unspecified atom stereocenters. The summed E-state index contributed by atoms with van der Waals surface area (Å²) in [6.07, 6.45) is 3.57. The quantitative estimate of drug-likeness (QED) is 0.696. The molecule has 10 nitrogen and oxygen atoms in total. The van der Waals surface area contributed by atoms with Gasteiger partial charge in [0.1, 0.15) is 11.9 Å². The minimum Gasteiger partial charge on any atom is -0.338 e. The lowest BCUT2D eigenvalue weighted by atomic mass is 10.1. The summed E-state index contributed by atoms with van der Waals surface area (Å²) in [4.78, 5) is 44.5. The number of nitrogens with zero attached hydrogens (tertiary/aromatic N) is 5. The first-order valence-corrected chi connectivity index (χ1v) is 11.5. The minimum atomic E-state index is -0.549. The van der Waals surface area contributed by atoms with Crippen molar-refractivity contribution < 1.29 is 14.4 Å². The molecule has 2 aromatic rings. The summed E-state index contributed by atoms with van der Waals surface area (Å²) in [5.41, 5.74) is 1.49. The number of aromatic nitrogens is 2. The smallest absolute Gasteiger partial charge is 0.338 e. The van der Waals surface area contributed by atoms with E-state index in [1.54, 1.807) is 44.9 Å². The number of anilines is 1. The van der Waals surface area contributed by atoms with E-state index in [2.05, 4.69) is 15.6 Å². The van der Waals surface area contributed by atoms with Crippen molar-refractivity contribution in [3.05, 3.63) is 47.0 Å². The second-order valence-corrected chi connectivity index (χ2v) is 9.11. The number of nitrogens with one attached hydrogen (secondary N) is 2. The molecule has 3 heterocycles. The van der Waals surface area contributed by atoms with Crippen molar-refractivity contribution >= 4 is 35.3 Å². The zero-order chi connectivity index (χ0) is 23.1. The first-order valence-electron chi connectivity index (χ1n) is 11.1. The van der Waals surface area contributed by atoms with E-state index in [1.165, 1.54) is 0 Å². The number of fused-ring (bicyclic) bond motifs is 1. The van der Waals surface area contributed by atoms with Crippen LogP contribution < -0.4 is 10.6 Å². The molecule has 1 saturated heterocycles. The van der Waals surface area contributed by atoms with Gasteiger partial charge < -0.3 is 15.5 Å². The molecule has 1 aliphatic carbocycles. The molecule has 33 heavy (non-hydrogen) atoms. The van der Waals surface area contributed by atoms with Crippen molar-refractivity contribution in [2.75, 3.05) is 31.5 Å². The second-order valence-electron chi connectivity index (χ2n) is 8.67. The lowest BCUT2D eigenvalue weighted by molar-refractivity contribution is -0.137. The third kappa shape index (κ3) is 4.40. The molecule has 0 radical (unpaired) electrons. The molecular formula is C22H26ClN7O3. The Kier molecular flexibility index (Phi) is 5.71. The molecule has 2 fully saturated rings. The third-order valence-electron chi connectivity index (χ3n) is 6.39. The lowest BCUT2D eigenvalue weighted by Gasteiger charge is -2.40. The van der Waals surface area contributed by atoms with Crippen LogP contribution in [0.1, 0.15) is 24.4 Å². The SMILES string of the molecule is Cc1ncc2n1C(=O)N(N1CCN(C(=O)C(NC(=O)Nc3ccc(Cl)cc3)C3CC3)CC1)C2. The summed E-state index contributed by atoms with van der Waals surface area (Å²) >= 11 is 5.89. The molecule has 4 amide bonds. The summed E-state index contributed by atoms with van der Waals surface area (Å²) < 4.78 is 1.63. The molecule has 0 spiro atoms. The summed E-state index contributed by atoms with van der Waals surface area (Å²) in [6, 6.07) is 5.75. The first kappa shape index (κ1) is 21.7. The number of rotatable bonds is 5. The Morgan fingerprint density at radius 1 is 1.12 bits per heavy atom. The summed E-state index contributed by atoms with van der Waals surface area (Å²) in [5.74, 6) is 0.775. The van der Waals surface area contributed by atoms with Crippen molar-refractivity contribution in [2.45, 2.75) is 32.4 Å². The van der Waals surface area contributed by atoms with E-state index in [0.717, 1.165) is 18.5 Å². The highest BCUT2D eigenvalue weighted by molar-refractivity contribution is 6.30. The van der Waals surface area contributed by atoms with Crippen LogP contribution in [0, 0.1) is 12.8 Å². The molecule has 1 aromatic carbocycles. The zero-order valence-electron chi connectivity index (χ0n) is 18.3. The molecule has 2 N–H and O–H groups in total. The maximum atomic E-state index is 13.2. The zero-order valence-corrected chi connectivity index (χ0v) is 19.1. The van der Waals surface area contributed by atoms with E-state index >= 15 is 0 Å². The number of piperazine rings is 1. The number of halogens is 1. The van der Waals surface area contributed by atoms with E-state index in [4.69, 9.17) is 11.6 Å². The average molecular weight is 472 g/mol. The van der Waals surface area contributed by atoms with Gasteiger partial charge in [-0.15, -0.1) is 0 Å². The number of amides is 4. The van der Waals surface area contributed by atoms with Crippen LogP contribution in [-0.2, 0) is 11.3 Å². The highest BCUT2D eigenvalue weighted by atomic mass is 35.5. The number of aryl methyl sites for hydroxylation is 1. The maximum Gasteiger partial charge on any atom is 0.344 e. The minimum absolute atomic E-state index is 0.0672. The molecule has 1 aromatic heterocycles. The number of hydrogen-bond acceptors (Lipinski definition) is 5. The van der Waals surface area contributed by atoms with Crippen LogP contribution in [-0.4, -0.2) is 74.7 Å². The van der Waals surface area contributed by atoms with Crippen molar-refractivity contribution in [3.63, 3.8) is 0 Å². The fourth-order valence-electron chi connectivity index (χ4n) is 4.43. The van der Waals surface area contributed by atoms with Crippen LogP contribution in [0.2, 0.25) is 5.02 Å². The fourth-order valence-corrected chi connectivity index (χ4v) is 4.55. The van der Waals surface area contributed by atoms with Crippen LogP contribution in [0.15, 0.2) is 30.5 Å². The molecule has 2 aliphatic heterocycles. The molecule has 1 atom stereocenters. The van der Waals surface area contributed by atoms with Gasteiger partial charge in [0.2, 0.25) is 5.91 Å². The van der Waals surface area contributed by atoms with Crippen molar-refractivity contribution in [2.24, 2.45) is 5.92 Å². The predicted molar refractivity (Wildman–Crippen MR) is 122 cm³/mol. The van der Waals surface area contributed by atoms with Gasteiger partial charge in [-0.3, -0.25) is 9.80 Å². The molecule has 1 saturated carbocycles. The Balaban J connectivity index is 1.16. The lowest BCUT2D eigenvalue weighted by Crippen LogP contribution is -2.59. The standard InChI is InChI=1S/C22H26ClN7O3/c1-14-24-12-18-13-29(22(33)30(14)18)28-10-8-27(9-11-28)20(31)19(15-2-3-15)26-21(32)25-17-6-4-16(23)5-7-17/h4-7,12,15,19H,2-3,8-11,13H2,1H3,(H2,25,26,32). The van der Waals surface area contributed by atoms with Gasteiger partial charge in [0, 0.05) is 36.9 Å². The van der Waals surface area contributed by atoms with Crippen molar-refractivity contribution in [1.29, 1.82) is 0 Å². The molecular weight excluding hydrogens is 446 g/mol. The predicted octanol–water partition coefficient (Wildman–Crippen LogP) is 2.29. The Morgan fingerprint density at radius 2 is 1.82 bits per heavy atom.